The van der Waals surface area contributed by atoms with Crippen molar-refractivity contribution in [2.45, 2.75) is 72.1 Å². The number of aliphatic hydroxyl groups excluding tert-OH is 1. The molecule has 1 saturated carbocycles. The highest BCUT2D eigenvalue weighted by Crippen LogP contribution is 2.30. The molecule has 0 radical (unpaired) electrons. The van der Waals surface area contributed by atoms with Gasteiger partial charge in [-0.25, -0.2) is 4.79 Å². The molecule has 3 N–H and O–H groups in total. The Kier molecular flexibility index (Phi) is 14.8. The summed E-state index contributed by atoms with van der Waals surface area (Å²) in [5.41, 5.74) is 8.11. The van der Waals surface area contributed by atoms with Crippen molar-refractivity contribution in [3.05, 3.63) is 70.2 Å². The first-order valence-corrected chi connectivity index (χ1v) is 14.8. The Balaban J connectivity index is 0.000000393. The van der Waals surface area contributed by atoms with E-state index in [-0.39, 0.29) is 20.6 Å². The lowest BCUT2D eigenvalue weighted by Gasteiger charge is -2.34. The van der Waals surface area contributed by atoms with E-state index in [0.29, 0.717) is 28.3 Å². The zero-order valence-electron chi connectivity index (χ0n) is 24.1. The monoisotopic (exact) mass is 644 g/mol. The van der Waals surface area contributed by atoms with Crippen LogP contribution in [0.15, 0.2) is 59.1 Å². The molecule has 1 unspecified atom stereocenters. The zero-order valence-corrected chi connectivity index (χ0v) is 25.7. The molecule has 1 aliphatic rings. The van der Waals surface area contributed by atoms with Crippen LogP contribution in [0.1, 0.15) is 69.3 Å². The van der Waals surface area contributed by atoms with Gasteiger partial charge in [-0.2, -0.15) is 0 Å². The van der Waals surface area contributed by atoms with E-state index >= 15 is 0 Å². The zero-order chi connectivity index (χ0) is 29.8. The summed E-state index contributed by atoms with van der Waals surface area (Å²) < 4.78 is 15.6. The van der Waals surface area contributed by atoms with Crippen LogP contribution in [0.25, 0.3) is 10.8 Å². The summed E-state index contributed by atoms with van der Waals surface area (Å²) in [5, 5.41) is 12.2. The van der Waals surface area contributed by atoms with Gasteiger partial charge in [-0.3, -0.25) is 9.69 Å². The standard InChI is InChI=1S/C21H31BrN2O5.C11H10O.CH4/c1-3-24(17-7-5-4-6-8-17)11-16-9-15(10-19(22)20(16)23)21(27)29-13-18(26)12-28-14(2)25;1-12-11-7-6-9-4-2-3-5-10(9)8-11;/h9-10,17-18,26H,3-8,11-13,23H2,1-2H3;2-8H,1H3;1H4. The molecule has 3 aromatic carbocycles. The van der Waals surface area contributed by atoms with Gasteiger partial charge in [-0.1, -0.05) is 63.9 Å². The number of halogens is 1. The topological polar surface area (TPSA) is 111 Å². The predicted molar refractivity (Wildman–Crippen MR) is 172 cm³/mol. The molecule has 0 heterocycles. The van der Waals surface area contributed by atoms with Crippen LogP contribution in [-0.4, -0.2) is 61.0 Å². The molecule has 0 spiro atoms. The van der Waals surface area contributed by atoms with Gasteiger partial charge in [0.1, 0.15) is 25.1 Å². The van der Waals surface area contributed by atoms with Gasteiger partial charge in [0.25, 0.3) is 0 Å². The first kappa shape index (κ1) is 35.1. The van der Waals surface area contributed by atoms with E-state index in [0.717, 1.165) is 17.9 Å². The minimum atomic E-state index is -1.07. The number of nitrogens with zero attached hydrogens (tertiary/aromatic N) is 1. The van der Waals surface area contributed by atoms with Crippen molar-refractivity contribution in [1.82, 2.24) is 4.90 Å². The van der Waals surface area contributed by atoms with E-state index < -0.39 is 18.0 Å². The van der Waals surface area contributed by atoms with Crippen LogP contribution in [-0.2, 0) is 20.8 Å². The fourth-order valence-corrected chi connectivity index (χ4v) is 5.40. The fraction of sp³-hybridized carbons (Fsp3) is 0.455. The second-order valence-corrected chi connectivity index (χ2v) is 11.0. The highest BCUT2D eigenvalue weighted by Gasteiger charge is 2.22. The third-order valence-electron chi connectivity index (χ3n) is 7.16. The molecule has 0 bridgehead atoms. The summed E-state index contributed by atoms with van der Waals surface area (Å²) in [6.45, 7) is 4.50. The number of hydrogen-bond acceptors (Lipinski definition) is 8. The summed E-state index contributed by atoms with van der Waals surface area (Å²) in [6.07, 6.45) is 5.12. The second-order valence-electron chi connectivity index (χ2n) is 10.2. The number of ether oxygens (including phenoxy) is 3. The molecule has 8 nitrogen and oxygen atoms in total. The summed E-state index contributed by atoms with van der Waals surface area (Å²) in [4.78, 5) is 25.6. The first-order valence-electron chi connectivity index (χ1n) is 14.0. The molecule has 0 amide bonds. The van der Waals surface area contributed by atoms with E-state index in [2.05, 4.69) is 46.0 Å². The second kappa shape index (κ2) is 17.7. The molecule has 230 valence electrons. The van der Waals surface area contributed by atoms with Gasteiger partial charge in [0.15, 0.2) is 0 Å². The minimum Gasteiger partial charge on any atom is -0.497 e. The van der Waals surface area contributed by atoms with Gasteiger partial charge >= 0.3 is 11.9 Å². The number of methoxy groups -OCH3 is 1. The van der Waals surface area contributed by atoms with E-state index in [1.165, 1.54) is 49.8 Å². The molecular formula is C33H45BrN2O6. The van der Waals surface area contributed by atoms with Crippen molar-refractivity contribution in [3.63, 3.8) is 0 Å². The molecule has 0 aliphatic heterocycles. The summed E-state index contributed by atoms with van der Waals surface area (Å²) >= 11 is 3.44. The normalized spacial score (nSPS) is 13.9. The highest BCUT2D eigenvalue weighted by molar-refractivity contribution is 9.10. The van der Waals surface area contributed by atoms with Crippen LogP contribution in [0, 0.1) is 0 Å². The molecule has 1 atom stereocenters. The maximum atomic E-state index is 12.4. The number of esters is 2. The van der Waals surface area contributed by atoms with Gasteiger partial charge in [0.2, 0.25) is 0 Å². The smallest absolute Gasteiger partial charge is 0.338 e. The van der Waals surface area contributed by atoms with Gasteiger partial charge in [0, 0.05) is 24.0 Å². The number of aliphatic hydroxyl groups is 1. The quantitative estimate of drug-likeness (QED) is 0.184. The number of rotatable bonds is 10. The lowest BCUT2D eigenvalue weighted by molar-refractivity contribution is -0.144. The molecular weight excluding hydrogens is 600 g/mol. The first-order chi connectivity index (χ1) is 19.7. The third-order valence-corrected chi connectivity index (χ3v) is 7.82. The number of carbonyl (C=O) groups excluding carboxylic acids is 2. The predicted octanol–water partition coefficient (Wildman–Crippen LogP) is 6.75. The molecule has 1 aliphatic carbocycles. The van der Waals surface area contributed by atoms with E-state index in [9.17, 15) is 14.7 Å². The lowest BCUT2D eigenvalue weighted by Crippen LogP contribution is -2.36. The molecule has 9 heteroatoms. The van der Waals surface area contributed by atoms with Gasteiger partial charge in [-0.15, -0.1) is 0 Å². The number of carbonyl (C=O) groups is 2. The largest absolute Gasteiger partial charge is 0.497 e. The van der Waals surface area contributed by atoms with Gasteiger partial charge < -0.3 is 25.1 Å². The van der Waals surface area contributed by atoms with Crippen LogP contribution >= 0.6 is 15.9 Å². The van der Waals surface area contributed by atoms with Crippen LogP contribution < -0.4 is 10.5 Å². The fourth-order valence-electron chi connectivity index (χ4n) is 4.90. The Hall–Kier alpha value is -3.14. The van der Waals surface area contributed by atoms with Crippen LogP contribution in [0.3, 0.4) is 0 Å². The molecule has 1 fully saturated rings. The summed E-state index contributed by atoms with van der Waals surface area (Å²) in [6, 6.07) is 18.2. The highest BCUT2D eigenvalue weighted by atomic mass is 79.9. The maximum Gasteiger partial charge on any atom is 0.338 e. The van der Waals surface area contributed by atoms with Crippen molar-refractivity contribution >= 4 is 44.3 Å². The molecule has 4 rings (SSSR count). The van der Waals surface area contributed by atoms with Gasteiger partial charge in [-0.05, 0) is 75.9 Å². The Morgan fingerprint density at radius 1 is 1.02 bits per heavy atom. The number of fused-ring (bicyclic) bond motifs is 1. The Bertz CT molecular complexity index is 1290. The average molecular weight is 646 g/mol. The average Bonchev–Trinajstić information content (AvgIpc) is 2.99. The Morgan fingerprint density at radius 3 is 2.33 bits per heavy atom. The maximum absolute atomic E-state index is 12.4. The number of nitrogens with two attached hydrogens (primary N) is 1. The Labute approximate surface area is 258 Å². The number of nitrogen functional groups attached to an aromatic ring is 1. The van der Waals surface area contributed by atoms with Crippen molar-refractivity contribution in [1.29, 1.82) is 0 Å². The van der Waals surface area contributed by atoms with Gasteiger partial charge in [0.05, 0.1) is 18.4 Å². The molecule has 3 aromatic rings. The number of hydrogen-bond donors (Lipinski definition) is 2. The minimum absolute atomic E-state index is 0. The molecule has 42 heavy (non-hydrogen) atoms. The lowest BCUT2D eigenvalue weighted by atomic mass is 9.93. The van der Waals surface area contributed by atoms with Crippen molar-refractivity contribution in [3.8, 4) is 5.75 Å². The van der Waals surface area contributed by atoms with Crippen molar-refractivity contribution < 1.29 is 28.9 Å². The van der Waals surface area contributed by atoms with E-state index in [1.807, 2.05) is 24.3 Å². The summed E-state index contributed by atoms with van der Waals surface area (Å²) in [5.74, 6) is -0.149. The molecule has 0 saturated heterocycles. The number of anilines is 1. The van der Waals surface area contributed by atoms with Crippen LogP contribution in [0.2, 0.25) is 0 Å². The van der Waals surface area contributed by atoms with E-state index in [4.69, 9.17) is 19.9 Å². The molecule has 0 aromatic heterocycles. The third kappa shape index (κ3) is 10.6. The number of benzene rings is 3. The SMILES string of the molecule is C.CCN(Cc1cc(C(=O)OCC(O)COC(C)=O)cc(Br)c1N)C1CCCCC1.COc1ccc2ccccc2c1. The van der Waals surface area contributed by atoms with Crippen LogP contribution in [0.4, 0.5) is 5.69 Å². The van der Waals surface area contributed by atoms with Crippen molar-refractivity contribution in [2.75, 3.05) is 32.6 Å². The van der Waals surface area contributed by atoms with Crippen LogP contribution in [0.5, 0.6) is 5.75 Å². The Morgan fingerprint density at radius 2 is 1.69 bits per heavy atom. The summed E-state index contributed by atoms with van der Waals surface area (Å²) in [7, 11) is 1.68. The van der Waals surface area contributed by atoms with Crippen molar-refractivity contribution in [2.24, 2.45) is 0 Å². The van der Waals surface area contributed by atoms with E-state index in [1.54, 1.807) is 19.2 Å².